The minimum absolute atomic E-state index is 0.137. The third-order valence-corrected chi connectivity index (χ3v) is 4.39. The van der Waals surface area contributed by atoms with Crippen LogP contribution in [0.25, 0.3) is 0 Å². The second-order valence-corrected chi connectivity index (χ2v) is 6.50. The Hall–Kier alpha value is -2.99. The molecule has 0 saturated heterocycles. The van der Waals surface area contributed by atoms with Crippen LogP contribution >= 0.6 is 11.6 Å². The van der Waals surface area contributed by atoms with Crippen molar-refractivity contribution in [3.05, 3.63) is 64.7 Å². The first kappa shape index (κ1) is 18.8. The zero-order valence-electron chi connectivity index (χ0n) is 14.7. The van der Waals surface area contributed by atoms with Crippen LogP contribution in [0.5, 0.6) is 0 Å². The fourth-order valence-corrected chi connectivity index (χ4v) is 3.12. The topological polar surface area (TPSA) is 78.8 Å². The number of hydrogen-bond donors (Lipinski definition) is 1. The molecular weight excluding hydrogens is 366 g/mol. The van der Waals surface area contributed by atoms with E-state index in [4.69, 9.17) is 11.6 Å². The molecule has 2 aromatic carbocycles. The Bertz CT molecular complexity index is 926. The average Bonchev–Trinajstić information content (AvgIpc) is 2.64. The van der Waals surface area contributed by atoms with Crippen LogP contribution in [0, 0.1) is 0 Å². The Labute approximate surface area is 161 Å². The molecule has 6 nitrogen and oxygen atoms in total. The molecule has 0 radical (unpaired) electrons. The van der Waals surface area contributed by atoms with Crippen LogP contribution in [0.2, 0.25) is 5.02 Å². The van der Waals surface area contributed by atoms with Gasteiger partial charge in [0.1, 0.15) is 0 Å². The van der Waals surface area contributed by atoms with Crippen molar-refractivity contribution in [1.82, 2.24) is 5.32 Å². The molecule has 0 fully saturated rings. The molecule has 0 aromatic heterocycles. The van der Waals surface area contributed by atoms with Gasteiger partial charge in [-0.15, -0.1) is 0 Å². The maximum atomic E-state index is 13.1. The number of fused-ring (bicyclic) bond motifs is 1. The molecule has 1 aliphatic rings. The van der Waals surface area contributed by atoms with Crippen molar-refractivity contribution in [2.24, 2.45) is 4.99 Å². The van der Waals surface area contributed by atoms with Crippen LogP contribution in [0.15, 0.2) is 53.5 Å². The van der Waals surface area contributed by atoms with E-state index in [9.17, 15) is 14.4 Å². The molecule has 0 spiro atoms. The van der Waals surface area contributed by atoms with Gasteiger partial charge < -0.3 is 5.32 Å². The highest BCUT2D eigenvalue weighted by atomic mass is 35.5. The van der Waals surface area contributed by atoms with Crippen molar-refractivity contribution >= 4 is 41.2 Å². The van der Waals surface area contributed by atoms with E-state index in [2.05, 4.69) is 10.3 Å². The summed E-state index contributed by atoms with van der Waals surface area (Å²) in [6.07, 6.45) is 1.53. The number of benzene rings is 2. The Morgan fingerprint density at radius 3 is 2.74 bits per heavy atom. The number of imide groups is 1. The minimum atomic E-state index is -0.685. The fraction of sp³-hybridized carbons (Fsp3) is 0.200. The largest absolute Gasteiger partial charge is 0.354 e. The molecule has 1 N–H and O–H groups in total. The highest BCUT2D eigenvalue weighted by Crippen LogP contribution is 2.32. The van der Waals surface area contributed by atoms with E-state index in [0.29, 0.717) is 34.9 Å². The van der Waals surface area contributed by atoms with Gasteiger partial charge in [-0.2, -0.15) is 0 Å². The number of rotatable bonds is 5. The zero-order chi connectivity index (χ0) is 19.4. The lowest BCUT2D eigenvalue weighted by Crippen LogP contribution is -2.45. The summed E-state index contributed by atoms with van der Waals surface area (Å²) in [4.78, 5) is 42.3. The third kappa shape index (κ3) is 4.06. The predicted octanol–water partition coefficient (Wildman–Crippen LogP) is 2.82. The smallest absolute Gasteiger partial charge is 0.265 e. The average molecular weight is 384 g/mol. The third-order valence-electron chi connectivity index (χ3n) is 4.15. The molecule has 0 bridgehead atoms. The maximum Gasteiger partial charge on any atom is 0.265 e. The van der Waals surface area contributed by atoms with Gasteiger partial charge in [-0.05, 0) is 29.8 Å². The molecule has 7 heteroatoms. The Morgan fingerprint density at radius 1 is 1.22 bits per heavy atom. The van der Waals surface area contributed by atoms with Gasteiger partial charge in [0, 0.05) is 30.3 Å². The summed E-state index contributed by atoms with van der Waals surface area (Å²) in [5, 5.41) is 3.08. The number of anilines is 1. The summed E-state index contributed by atoms with van der Waals surface area (Å²) < 4.78 is 0. The molecule has 3 rings (SSSR count). The highest BCUT2D eigenvalue weighted by molar-refractivity contribution is 6.32. The van der Waals surface area contributed by atoms with Crippen LogP contribution in [0.3, 0.4) is 0 Å². The van der Waals surface area contributed by atoms with Crippen molar-refractivity contribution in [2.75, 3.05) is 18.0 Å². The number of carbonyl (C=O) groups excluding carboxylic acids is 3. The number of carbonyl (C=O) groups is 3. The monoisotopic (exact) mass is 383 g/mol. The molecule has 1 heterocycles. The van der Waals surface area contributed by atoms with Crippen LogP contribution in [0.4, 0.5) is 5.69 Å². The normalized spacial score (nSPS) is 16.5. The number of nitrogens with one attached hydrogen (secondary N) is 1. The lowest BCUT2D eigenvalue weighted by Gasteiger charge is -2.31. The summed E-state index contributed by atoms with van der Waals surface area (Å²) in [5.74, 6) is -1.60. The maximum absolute atomic E-state index is 13.1. The number of hydrogen-bond acceptors (Lipinski definition) is 4. The van der Waals surface area contributed by atoms with Crippen molar-refractivity contribution < 1.29 is 14.4 Å². The van der Waals surface area contributed by atoms with E-state index in [1.807, 2.05) is 0 Å². The minimum Gasteiger partial charge on any atom is -0.354 e. The first-order valence-electron chi connectivity index (χ1n) is 8.46. The van der Waals surface area contributed by atoms with Gasteiger partial charge in [0.05, 0.1) is 18.2 Å². The lowest BCUT2D eigenvalue weighted by atomic mass is 9.89. The number of nitrogens with zero attached hydrogens (tertiary/aromatic N) is 2. The van der Waals surface area contributed by atoms with Gasteiger partial charge in [-0.1, -0.05) is 35.9 Å². The zero-order valence-corrected chi connectivity index (χ0v) is 15.4. The van der Waals surface area contributed by atoms with Crippen molar-refractivity contribution in [1.29, 1.82) is 0 Å². The first-order valence-corrected chi connectivity index (χ1v) is 8.84. The Kier molecular flexibility index (Phi) is 5.66. The molecule has 1 atom stereocenters. The molecular formula is C20H18ClN3O3. The van der Waals surface area contributed by atoms with Crippen LogP contribution in [0.1, 0.15) is 28.8 Å². The van der Waals surface area contributed by atoms with Gasteiger partial charge >= 0.3 is 0 Å². The van der Waals surface area contributed by atoms with E-state index in [1.54, 1.807) is 48.5 Å². The SMILES string of the molecule is CC(=O)NCCN=CC1C(=O)N(c2cccc(Cl)c2)C(=O)c2ccccc21. The van der Waals surface area contributed by atoms with Gasteiger partial charge in [-0.3, -0.25) is 19.4 Å². The van der Waals surface area contributed by atoms with E-state index < -0.39 is 5.92 Å². The second kappa shape index (κ2) is 8.14. The molecule has 27 heavy (non-hydrogen) atoms. The van der Waals surface area contributed by atoms with Crippen LogP contribution in [-0.2, 0) is 9.59 Å². The standard InChI is InChI=1S/C20H18ClN3O3/c1-13(25)23-10-9-22-12-18-16-7-2-3-8-17(16)19(26)24(20(18)27)15-6-4-5-14(21)11-15/h2-8,11-12,18H,9-10H2,1H3,(H,23,25). The van der Waals surface area contributed by atoms with Crippen molar-refractivity contribution in [3.8, 4) is 0 Å². The molecule has 138 valence electrons. The number of aliphatic imine (C=N–C) groups is 1. The van der Waals surface area contributed by atoms with Gasteiger partial charge in [0.25, 0.3) is 5.91 Å². The first-order chi connectivity index (χ1) is 13.0. The Balaban J connectivity index is 1.93. The Morgan fingerprint density at radius 2 is 2.00 bits per heavy atom. The van der Waals surface area contributed by atoms with E-state index >= 15 is 0 Å². The molecule has 3 amide bonds. The quantitative estimate of drug-likeness (QED) is 0.490. The van der Waals surface area contributed by atoms with Crippen molar-refractivity contribution in [2.45, 2.75) is 12.8 Å². The molecule has 1 aliphatic heterocycles. The molecule has 0 saturated carbocycles. The molecule has 2 aromatic rings. The second-order valence-electron chi connectivity index (χ2n) is 6.06. The fourth-order valence-electron chi connectivity index (χ4n) is 2.94. The summed E-state index contributed by atoms with van der Waals surface area (Å²) in [6, 6.07) is 13.6. The number of amides is 3. The highest BCUT2D eigenvalue weighted by Gasteiger charge is 2.38. The number of halogens is 1. The van der Waals surface area contributed by atoms with Crippen LogP contribution in [-0.4, -0.2) is 37.0 Å². The summed E-state index contributed by atoms with van der Waals surface area (Å²) >= 11 is 6.03. The van der Waals surface area contributed by atoms with E-state index in [1.165, 1.54) is 13.1 Å². The van der Waals surface area contributed by atoms with E-state index in [0.717, 1.165) is 4.90 Å². The van der Waals surface area contributed by atoms with Gasteiger partial charge in [0.2, 0.25) is 11.8 Å². The predicted molar refractivity (Wildman–Crippen MR) is 104 cm³/mol. The molecule has 1 unspecified atom stereocenters. The summed E-state index contributed by atoms with van der Waals surface area (Å²) in [6.45, 7) is 2.15. The van der Waals surface area contributed by atoms with Gasteiger partial charge in [-0.25, -0.2) is 4.90 Å². The van der Waals surface area contributed by atoms with Gasteiger partial charge in [0.15, 0.2) is 0 Å². The summed E-state index contributed by atoms with van der Waals surface area (Å²) in [7, 11) is 0. The lowest BCUT2D eigenvalue weighted by molar-refractivity contribution is -0.119. The van der Waals surface area contributed by atoms with Crippen molar-refractivity contribution in [3.63, 3.8) is 0 Å². The van der Waals surface area contributed by atoms with Crippen LogP contribution < -0.4 is 10.2 Å². The van der Waals surface area contributed by atoms with E-state index in [-0.39, 0.29) is 17.7 Å². The summed E-state index contributed by atoms with van der Waals surface area (Å²) in [5.41, 5.74) is 1.49. The molecule has 0 aliphatic carbocycles.